The Labute approximate surface area is 153 Å². The van der Waals surface area contributed by atoms with Gasteiger partial charge in [-0.15, -0.1) is 0 Å². The Hall–Kier alpha value is -1.99. The standard InChI is InChI=1S/C19H27N5O2/c1-13-21-19(26-23-13)15-5-4-10-20-18(15)22-14-8-11-24(12-9-14)16-6-2-3-7-17(16)25/h4-5,10,14,16-17,25H,2-3,6-9,11-12H2,1H3,(H,20,22). The van der Waals surface area contributed by atoms with Gasteiger partial charge in [0.25, 0.3) is 5.89 Å². The second-order valence-electron chi connectivity index (χ2n) is 7.42. The van der Waals surface area contributed by atoms with Gasteiger partial charge in [-0.1, -0.05) is 18.0 Å². The predicted molar refractivity (Wildman–Crippen MR) is 98.7 cm³/mol. The molecule has 2 atom stereocenters. The first kappa shape index (κ1) is 17.4. The Balaban J connectivity index is 1.39. The van der Waals surface area contributed by atoms with Crippen LogP contribution in [0.2, 0.25) is 0 Å². The highest BCUT2D eigenvalue weighted by Gasteiger charge is 2.31. The predicted octanol–water partition coefficient (Wildman–Crippen LogP) is 2.62. The van der Waals surface area contributed by atoms with Crippen molar-refractivity contribution in [3.05, 3.63) is 24.2 Å². The van der Waals surface area contributed by atoms with Gasteiger partial charge in [-0.3, -0.25) is 4.90 Å². The molecule has 140 valence electrons. The number of likely N-dealkylation sites (tertiary alicyclic amines) is 1. The molecule has 3 heterocycles. The second kappa shape index (κ2) is 7.72. The molecule has 2 aromatic rings. The van der Waals surface area contributed by atoms with Gasteiger partial charge in [-0.2, -0.15) is 4.98 Å². The molecule has 7 heteroatoms. The Morgan fingerprint density at radius 2 is 2.00 bits per heavy atom. The quantitative estimate of drug-likeness (QED) is 0.869. The Morgan fingerprint density at radius 1 is 1.19 bits per heavy atom. The minimum Gasteiger partial charge on any atom is -0.391 e. The molecule has 1 saturated heterocycles. The van der Waals surface area contributed by atoms with Crippen LogP contribution in [0, 0.1) is 6.92 Å². The summed E-state index contributed by atoms with van der Waals surface area (Å²) in [6, 6.07) is 4.55. The van der Waals surface area contributed by atoms with Crippen molar-refractivity contribution < 1.29 is 9.63 Å². The number of rotatable bonds is 4. The number of hydrogen-bond donors (Lipinski definition) is 2. The van der Waals surface area contributed by atoms with Crippen molar-refractivity contribution >= 4 is 5.82 Å². The van der Waals surface area contributed by atoms with E-state index >= 15 is 0 Å². The molecular weight excluding hydrogens is 330 g/mol. The van der Waals surface area contributed by atoms with Crippen LogP contribution >= 0.6 is 0 Å². The first-order chi connectivity index (χ1) is 12.7. The average Bonchev–Trinajstić information content (AvgIpc) is 3.10. The minimum absolute atomic E-state index is 0.156. The molecule has 1 aliphatic heterocycles. The molecule has 2 unspecified atom stereocenters. The van der Waals surface area contributed by atoms with E-state index in [0.29, 0.717) is 23.8 Å². The summed E-state index contributed by atoms with van der Waals surface area (Å²) in [4.78, 5) is 11.3. The first-order valence-corrected chi connectivity index (χ1v) is 9.65. The van der Waals surface area contributed by atoms with Crippen LogP contribution in [0.5, 0.6) is 0 Å². The summed E-state index contributed by atoms with van der Waals surface area (Å²) >= 11 is 0. The van der Waals surface area contributed by atoms with E-state index in [-0.39, 0.29) is 6.10 Å². The van der Waals surface area contributed by atoms with Gasteiger partial charge < -0.3 is 14.9 Å². The molecule has 0 bridgehead atoms. The third-order valence-corrected chi connectivity index (χ3v) is 5.60. The molecule has 2 aromatic heterocycles. The Morgan fingerprint density at radius 3 is 2.73 bits per heavy atom. The van der Waals surface area contributed by atoms with Gasteiger partial charge in [0.05, 0.1) is 11.7 Å². The molecule has 0 amide bonds. The number of aryl methyl sites for hydroxylation is 1. The third-order valence-electron chi connectivity index (χ3n) is 5.60. The third kappa shape index (κ3) is 3.73. The van der Waals surface area contributed by atoms with Gasteiger partial charge in [0.15, 0.2) is 5.82 Å². The van der Waals surface area contributed by atoms with Crippen LogP contribution in [-0.2, 0) is 0 Å². The van der Waals surface area contributed by atoms with Crippen LogP contribution in [0.3, 0.4) is 0 Å². The topological polar surface area (TPSA) is 87.3 Å². The number of anilines is 1. The molecular formula is C19H27N5O2. The summed E-state index contributed by atoms with van der Waals surface area (Å²) < 4.78 is 5.31. The summed E-state index contributed by atoms with van der Waals surface area (Å²) in [5.74, 6) is 1.92. The lowest BCUT2D eigenvalue weighted by Gasteiger charge is -2.41. The van der Waals surface area contributed by atoms with E-state index in [9.17, 15) is 5.11 Å². The summed E-state index contributed by atoms with van der Waals surface area (Å²) in [6.45, 7) is 3.84. The number of pyridine rings is 1. The number of nitrogens with one attached hydrogen (secondary N) is 1. The van der Waals surface area contributed by atoms with Crippen LogP contribution in [0.1, 0.15) is 44.3 Å². The van der Waals surface area contributed by atoms with E-state index in [2.05, 4.69) is 25.3 Å². The number of nitrogens with zero attached hydrogens (tertiary/aromatic N) is 4. The Bertz CT molecular complexity index is 726. The zero-order valence-corrected chi connectivity index (χ0v) is 15.3. The van der Waals surface area contributed by atoms with Crippen molar-refractivity contribution in [1.82, 2.24) is 20.0 Å². The molecule has 26 heavy (non-hydrogen) atoms. The van der Waals surface area contributed by atoms with Crippen LogP contribution < -0.4 is 5.32 Å². The fourth-order valence-corrected chi connectivity index (χ4v) is 4.19. The number of piperidine rings is 1. The molecule has 1 saturated carbocycles. The average molecular weight is 357 g/mol. The van der Waals surface area contributed by atoms with E-state index in [1.807, 2.05) is 19.1 Å². The molecule has 7 nitrogen and oxygen atoms in total. The number of hydrogen-bond acceptors (Lipinski definition) is 7. The van der Waals surface area contributed by atoms with E-state index in [1.54, 1.807) is 6.20 Å². The zero-order valence-electron chi connectivity index (χ0n) is 15.3. The number of aliphatic hydroxyl groups is 1. The van der Waals surface area contributed by atoms with Gasteiger partial charge in [-0.05, 0) is 44.7 Å². The lowest BCUT2D eigenvalue weighted by molar-refractivity contribution is 0.00992. The number of aromatic nitrogens is 3. The van der Waals surface area contributed by atoms with Crippen LogP contribution in [-0.4, -0.2) is 56.4 Å². The fourth-order valence-electron chi connectivity index (χ4n) is 4.19. The Kier molecular flexibility index (Phi) is 5.17. The van der Waals surface area contributed by atoms with Gasteiger partial charge in [0.2, 0.25) is 0 Å². The SMILES string of the molecule is Cc1noc(-c2cccnc2NC2CCN(C3CCCCC3O)CC2)n1. The fraction of sp³-hybridized carbons (Fsp3) is 0.632. The molecule has 0 aromatic carbocycles. The molecule has 2 N–H and O–H groups in total. The monoisotopic (exact) mass is 357 g/mol. The van der Waals surface area contributed by atoms with Crippen molar-refractivity contribution in [3.63, 3.8) is 0 Å². The highest BCUT2D eigenvalue weighted by molar-refractivity contribution is 5.68. The molecule has 0 spiro atoms. The van der Waals surface area contributed by atoms with E-state index in [4.69, 9.17) is 4.52 Å². The number of aliphatic hydroxyl groups excluding tert-OH is 1. The summed E-state index contributed by atoms with van der Waals surface area (Å²) in [5, 5.41) is 17.7. The summed E-state index contributed by atoms with van der Waals surface area (Å²) in [5.41, 5.74) is 0.846. The van der Waals surface area contributed by atoms with Gasteiger partial charge >= 0.3 is 0 Å². The highest BCUT2D eigenvalue weighted by atomic mass is 16.5. The largest absolute Gasteiger partial charge is 0.391 e. The minimum atomic E-state index is -0.156. The van der Waals surface area contributed by atoms with Gasteiger partial charge in [0.1, 0.15) is 5.82 Å². The van der Waals surface area contributed by atoms with Gasteiger partial charge in [-0.25, -0.2) is 4.98 Å². The van der Waals surface area contributed by atoms with E-state index < -0.39 is 0 Å². The van der Waals surface area contributed by atoms with E-state index in [0.717, 1.165) is 56.6 Å². The smallest absolute Gasteiger partial charge is 0.261 e. The molecule has 2 fully saturated rings. The lowest BCUT2D eigenvalue weighted by atomic mass is 9.89. The van der Waals surface area contributed by atoms with E-state index in [1.165, 1.54) is 6.42 Å². The molecule has 2 aliphatic rings. The lowest BCUT2D eigenvalue weighted by Crippen LogP contribution is -2.50. The maximum atomic E-state index is 10.3. The summed E-state index contributed by atoms with van der Waals surface area (Å²) in [6.07, 6.45) is 8.18. The van der Waals surface area contributed by atoms with Crippen LogP contribution in [0.25, 0.3) is 11.5 Å². The van der Waals surface area contributed by atoms with Crippen molar-refractivity contribution in [2.45, 2.75) is 63.6 Å². The van der Waals surface area contributed by atoms with Crippen LogP contribution in [0.15, 0.2) is 22.9 Å². The molecule has 0 radical (unpaired) electrons. The van der Waals surface area contributed by atoms with Crippen molar-refractivity contribution in [3.8, 4) is 11.5 Å². The maximum absolute atomic E-state index is 10.3. The molecule has 4 rings (SSSR count). The summed E-state index contributed by atoms with van der Waals surface area (Å²) in [7, 11) is 0. The maximum Gasteiger partial charge on any atom is 0.261 e. The van der Waals surface area contributed by atoms with Crippen LogP contribution in [0.4, 0.5) is 5.82 Å². The normalized spacial score (nSPS) is 25.3. The van der Waals surface area contributed by atoms with Crippen molar-refractivity contribution in [1.29, 1.82) is 0 Å². The second-order valence-corrected chi connectivity index (χ2v) is 7.42. The van der Waals surface area contributed by atoms with Crippen molar-refractivity contribution in [2.24, 2.45) is 0 Å². The van der Waals surface area contributed by atoms with Gasteiger partial charge in [0, 0.05) is 31.4 Å². The first-order valence-electron chi connectivity index (χ1n) is 9.65. The van der Waals surface area contributed by atoms with Crippen molar-refractivity contribution in [2.75, 3.05) is 18.4 Å². The zero-order chi connectivity index (χ0) is 17.9. The highest BCUT2D eigenvalue weighted by Crippen LogP contribution is 2.29. The molecule has 1 aliphatic carbocycles.